The highest BCUT2D eigenvalue weighted by Gasteiger charge is 1.97. The second-order valence-electron chi connectivity index (χ2n) is 3.19. The van der Waals surface area contributed by atoms with Gasteiger partial charge in [0.1, 0.15) is 0 Å². The van der Waals surface area contributed by atoms with Crippen molar-refractivity contribution in [2.75, 3.05) is 13.7 Å². The second kappa shape index (κ2) is 5.73. The van der Waals surface area contributed by atoms with Crippen LogP contribution in [0.1, 0.15) is 12.5 Å². The summed E-state index contributed by atoms with van der Waals surface area (Å²) >= 11 is 0. The van der Waals surface area contributed by atoms with E-state index < -0.39 is 0 Å². The fourth-order valence-electron chi connectivity index (χ4n) is 1.01. The number of likely N-dealkylation sites (N-methyl/N-ethyl adjacent to an activating group) is 1. The monoisotopic (exact) mass is 179 g/mol. The first-order chi connectivity index (χ1) is 6.33. The molecule has 72 valence electrons. The van der Waals surface area contributed by atoms with Gasteiger partial charge >= 0.3 is 0 Å². The van der Waals surface area contributed by atoms with Crippen molar-refractivity contribution in [1.82, 2.24) is 5.32 Å². The molecule has 0 saturated heterocycles. The number of ether oxygens (including phenoxy) is 1. The van der Waals surface area contributed by atoms with E-state index in [9.17, 15) is 0 Å². The standard InChI is InChI=1S/C11H17NO/c1-10(12-2)8-13-9-11-6-4-3-5-7-11/h3-7,10,12H,8-9H2,1-2H3/t10-/m0/s1. The molecule has 0 aromatic heterocycles. The number of nitrogens with one attached hydrogen (secondary N) is 1. The molecule has 0 fully saturated rings. The summed E-state index contributed by atoms with van der Waals surface area (Å²) in [5.41, 5.74) is 1.23. The molecule has 0 bridgehead atoms. The van der Waals surface area contributed by atoms with Gasteiger partial charge in [0.25, 0.3) is 0 Å². The summed E-state index contributed by atoms with van der Waals surface area (Å²) in [5.74, 6) is 0. The van der Waals surface area contributed by atoms with Crippen LogP contribution in [0.15, 0.2) is 30.3 Å². The van der Waals surface area contributed by atoms with Crippen LogP contribution in [-0.4, -0.2) is 19.7 Å². The van der Waals surface area contributed by atoms with Gasteiger partial charge < -0.3 is 10.1 Å². The Hall–Kier alpha value is -0.860. The summed E-state index contributed by atoms with van der Waals surface area (Å²) in [5, 5.41) is 3.13. The average molecular weight is 179 g/mol. The van der Waals surface area contributed by atoms with Crippen molar-refractivity contribution >= 4 is 0 Å². The van der Waals surface area contributed by atoms with Gasteiger partial charge in [0.2, 0.25) is 0 Å². The van der Waals surface area contributed by atoms with Crippen molar-refractivity contribution in [3.63, 3.8) is 0 Å². The maximum absolute atomic E-state index is 5.51. The third-order valence-electron chi connectivity index (χ3n) is 1.97. The lowest BCUT2D eigenvalue weighted by Gasteiger charge is -2.10. The number of hydrogen-bond donors (Lipinski definition) is 1. The first kappa shape index (κ1) is 10.2. The summed E-state index contributed by atoms with van der Waals surface area (Å²) < 4.78 is 5.51. The van der Waals surface area contributed by atoms with Gasteiger partial charge in [-0.25, -0.2) is 0 Å². The predicted molar refractivity (Wildman–Crippen MR) is 54.6 cm³/mol. The summed E-state index contributed by atoms with van der Waals surface area (Å²) in [4.78, 5) is 0. The van der Waals surface area contributed by atoms with Crippen LogP contribution in [0, 0.1) is 0 Å². The molecule has 1 N–H and O–H groups in total. The predicted octanol–water partition coefficient (Wildman–Crippen LogP) is 1.81. The Morgan fingerprint density at radius 2 is 2.00 bits per heavy atom. The first-order valence-corrected chi connectivity index (χ1v) is 4.62. The minimum Gasteiger partial charge on any atom is -0.375 e. The largest absolute Gasteiger partial charge is 0.375 e. The van der Waals surface area contributed by atoms with Crippen molar-refractivity contribution < 1.29 is 4.74 Å². The summed E-state index contributed by atoms with van der Waals surface area (Å²) in [6.07, 6.45) is 0. The van der Waals surface area contributed by atoms with E-state index in [2.05, 4.69) is 24.4 Å². The van der Waals surface area contributed by atoms with Gasteiger partial charge in [0.05, 0.1) is 13.2 Å². The Balaban J connectivity index is 2.20. The van der Waals surface area contributed by atoms with Gasteiger partial charge in [-0.2, -0.15) is 0 Å². The van der Waals surface area contributed by atoms with Crippen molar-refractivity contribution in [1.29, 1.82) is 0 Å². The van der Waals surface area contributed by atoms with E-state index >= 15 is 0 Å². The summed E-state index contributed by atoms with van der Waals surface area (Å²) in [7, 11) is 1.94. The molecule has 1 aromatic rings. The fourth-order valence-corrected chi connectivity index (χ4v) is 1.01. The van der Waals surface area contributed by atoms with Crippen molar-refractivity contribution in [3.05, 3.63) is 35.9 Å². The van der Waals surface area contributed by atoms with Gasteiger partial charge in [-0.3, -0.25) is 0 Å². The molecule has 2 heteroatoms. The molecule has 1 aromatic carbocycles. The van der Waals surface area contributed by atoms with Crippen LogP contribution >= 0.6 is 0 Å². The van der Waals surface area contributed by atoms with Gasteiger partial charge in [0, 0.05) is 6.04 Å². The van der Waals surface area contributed by atoms with Crippen LogP contribution in [-0.2, 0) is 11.3 Å². The molecule has 0 aliphatic carbocycles. The highest BCUT2D eigenvalue weighted by atomic mass is 16.5. The Labute approximate surface area is 79.9 Å². The lowest BCUT2D eigenvalue weighted by atomic mass is 10.2. The van der Waals surface area contributed by atoms with E-state index in [0.29, 0.717) is 12.6 Å². The van der Waals surface area contributed by atoms with Crippen LogP contribution in [0.2, 0.25) is 0 Å². The van der Waals surface area contributed by atoms with Gasteiger partial charge in [-0.1, -0.05) is 30.3 Å². The van der Waals surface area contributed by atoms with E-state index in [0.717, 1.165) is 6.61 Å². The van der Waals surface area contributed by atoms with Crippen molar-refractivity contribution in [2.24, 2.45) is 0 Å². The number of hydrogen-bond acceptors (Lipinski definition) is 2. The molecule has 0 saturated carbocycles. The maximum atomic E-state index is 5.51. The quantitative estimate of drug-likeness (QED) is 0.744. The minimum atomic E-state index is 0.420. The minimum absolute atomic E-state index is 0.420. The highest BCUT2D eigenvalue weighted by Crippen LogP contribution is 2.00. The molecule has 0 spiro atoms. The average Bonchev–Trinajstić information content (AvgIpc) is 2.19. The fraction of sp³-hybridized carbons (Fsp3) is 0.455. The molecule has 0 amide bonds. The van der Waals surface area contributed by atoms with Gasteiger partial charge in [0.15, 0.2) is 0 Å². The van der Waals surface area contributed by atoms with Crippen molar-refractivity contribution in [2.45, 2.75) is 19.6 Å². The molecule has 0 aliphatic rings. The zero-order valence-electron chi connectivity index (χ0n) is 8.29. The van der Waals surface area contributed by atoms with E-state index in [1.165, 1.54) is 5.56 Å². The lowest BCUT2D eigenvalue weighted by Crippen LogP contribution is -2.26. The Morgan fingerprint density at radius 1 is 1.31 bits per heavy atom. The molecular weight excluding hydrogens is 162 g/mol. The van der Waals surface area contributed by atoms with E-state index in [1.807, 2.05) is 25.2 Å². The van der Waals surface area contributed by atoms with Gasteiger partial charge in [-0.15, -0.1) is 0 Å². The Morgan fingerprint density at radius 3 is 2.62 bits per heavy atom. The van der Waals surface area contributed by atoms with Crippen molar-refractivity contribution in [3.8, 4) is 0 Å². The molecule has 0 heterocycles. The van der Waals surface area contributed by atoms with Crippen LogP contribution in [0.5, 0.6) is 0 Å². The zero-order valence-corrected chi connectivity index (χ0v) is 8.29. The zero-order chi connectivity index (χ0) is 9.52. The molecule has 1 rings (SSSR count). The molecular formula is C11H17NO. The third kappa shape index (κ3) is 4.06. The van der Waals surface area contributed by atoms with Crippen LogP contribution in [0.25, 0.3) is 0 Å². The molecule has 13 heavy (non-hydrogen) atoms. The summed E-state index contributed by atoms with van der Waals surface area (Å²) in [6, 6.07) is 10.6. The third-order valence-corrected chi connectivity index (χ3v) is 1.97. The molecule has 0 aliphatic heterocycles. The second-order valence-corrected chi connectivity index (χ2v) is 3.19. The maximum Gasteiger partial charge on any atom is 0.0717 e. The van der Waals surface area contributed by atoms with Crippen LogP contribution in [0.4, 0.5) is 0 Å². The van der Waals surface area contributed by atoms with Gasteiger partial charge in [-0.05, 0) is 19.5 Å². The SMILES string of the molecule is CN[C@@H](C)COCc1ccccc1. The topological polar surface area (TPSA) is 21.3 Å². The number of benzene rings is 1. The van der Waals surface area contributed by atoms with Crippen LogP contribution < -0.4 is 5.32 Å². The number of rotatable bonds is 5. The molecule has 0 unspecified atom stereocenters. The highest BCUT2D eigenvalue weighted by molar-refractivity contribution is 5.13. The smallest absolute Gasteiger partial charge is 0.0717 e. The molecule has 2 nitrogen and oxygen atoms in total. The first-order valence-electron chi connectivity index (χ1n) is 4.62. The Bertz CT molecular complexity index is 223. The summed E-state index contributed by atoms with van der Waals surface area (Å²) in [6.45, 7) is 3.56. The molecule has 0 radical (unpaired) electrons. The molecule has 1 atom stereocenters. The Kier molecular flexibility index (Phi) is 4.50. The lowest BCUT2D eigenvalue weighted by molar-refractivity contribution is 0.105. The van der Waals surface area contributed by atoms with Crippen LogP contribution in [0.3, 0.4) is 0 Å². The van der Waals surface area contributed by atoms with E-state index in [-0.39, 0.29) is 0 Å². The van der Waals surface area contributed by atoms with E-state index in [4.69, 9.17) is 4.74 Å². The van der Waals surface area contributed by atoms with E-state index in [1.54, 1.807) is 0 Å². The normalized spacial score (nSPS) is 12.8.